The molecule has 0 N–H and O–H groups in total. The molecule has 5 rings (SSSR count). The van der Waals surface area contributed by atoms with E-state index in [0.29, 0.717) is 41.6 Å². The largest absolute Gasteiger partial charge is 0.459 e. The van der Waals surface area contributed by atoms with Crippen LogP contribution in [0.15, 0.2) is 78.2 Å². The summed E-state index contributed by atoms with van der Waals surface area (Å²) in [5.41, 5.74) is 3.00. The Kier molecular flexibility index (Phi) is 7.61. The Bertz CT molecular complexity index is 1760. The van der Waals surface area contributed by atoms with E-state index in [2.05, 4.69) is 15.0 Å². The van der Waals surface area contributed by atoms with Crippen molar-refractivity contribution in [3.05, 3.63) is 101 Å². The first-order valence-electron chi connectivity index (χ1n) is 12.2. The maximum atomic E-state index is 13.8. The summed E-state index contributed by atoms with van der Waals surface area (Å²) >= 11 is 8.67. The summed E-state index contributed by atoms with van der Waals surface area (Å²) in [4.78, 5) is 40.9. The molecular weight excluding hydrogens is 556 g/mol. The van der Waals surface area contributed by atoms with Gasteiger partial charge in [0.1, 0.15) is 5.76 Å². The highest BCUT2D eigenvalue weighted by molar-refractivity contribution is 7.99. The number of esters is 1. The standard InChI is InChI=1S/C28H25ClN4O4S2/c1-14(2)36-26(35)23-17(5)32-28-33(24(23)18-6-8-19(29)9-7-18)25(34)21(38-28)13-20-10-11-22(37-20)39-27-30-15(3)12-16(4)31-27/h6-14,24H,1-5H3/b21-13+. The van der Waals surface area contributed by atoms with Crippen LogP contribution in [0.25, 0.3) is 6.08 Å². The van der Waals surface area contributed by atoms with Gasteiger partial charge in [-0.05, 0) is 82.3 Å². The number of furan rings is 1. The summed E-state index contributed by atoms with van der Waals surface area (Å²) in [6.07, 6.45) is 1.36. The fraction of sp³-hybridized carbons (Fsp3) is 0.250. The number of fused-ring (bicyclic) bond motifs is 1. The Labute approximate surface area is 237 Å². The topological polar surface area (TPSA) is 99.6 Å². The predicted molar refractivity (Wildman–Crippen MR) is 151 cm³/mol. The van der Waals surface area contributed by atoms with E-state index in [1.807, 2.05) is 26.0 Å². The molecule has 4 heterocycles. The van der Waals surface area contributed by atoms with Crippen LogP contribution in [0.3, 0.4) is 0 Å². The maximum Gasteiger partial charge on any atom is 0.338 e. The van der Waals surface area contributed by atoms with Gasteiger partial charge in [-0.1, -0.05) is 35.1 Å². The van der Waals surface area contributed by atoms with Gasteiger partial charge in [-0.15, -0.1) is 0 Å². The van der Waals surface area contributed by atoms with Crippen LogP contribution in [0.4, 0.5) is 0 Å². The lowest BCUT2D eigenvalue weighted by atomic mass is 9.96. The van der Waals surface area contributed by atoms with Crippen LogP contribution in [-0.4, -0.2) is 26.6 Å². The van der Waals surface area contributed by atoms with Crippen LogP contribution in [-0.2, 0) is 9.53 Å². The molecule has 0 spiro atoms. The van der Waals surface area contributed by atoms with Crippen LogP contribution in [0.1, 0.15) is 49.5 Å². The highest BCUT2D eigenvalue weighted by Gasteiger charge is 2.33. The van der Waals surface area contributed by atoms with E-state index in [0.717, 1.165) is 17.0 Å². The van der Waals surface area contributed by atoms with Gasteiger partial charge in [-0.25, -0.2) is 19.8 Å². The Morgan fingerprint density at radius 1 is 1.13 bits per heavy atom. The van der Waals surface area contributed by atoms with Crippen LogP contribution < -0.4 is 14.9 Å². The van der Waals surface area contributed by atoms with Crippen LogP contribution in [0, 0.1) is 13.8 Å². The van der Waals surface area contributed by atoms with E-state index in [1.165, 1.54) is 27.7 Å². The van der Waals surface area contributed by atoms with Crippen LogP contribution >= 0.6 is 34.7 Å². The number of aromatic nitrogens is 3. The lowest BCUT2D eigenvalue weighted by molar-refractivity contribution is -0.143. The van der Waals surface area contributed by atoms with Crippen molar-refractivity contribution in [1.29, 1.82) is 0 Å². The molecule has 0 fully saturated rings. The third-order valence-electron chi connectivity index (χ3n) is 5.80. The third-order valence-corrected chi connectivity index (χ3v) is 7.82. The number of nitrogens with zero attached hydrogens (tertiary/aromatic N) is 4. The zero-order chi connectivity index (χ0) is 27.8. The van der Waals surface area contributed by atoms with E-state index in [4.69, 9.17) is 20.8 Å². The van der Waals surface area contributed by atoms with Gasteiger partial charge in [0.2, 0.25) is 0 Å². The van der Waals surface area contributed by atoms with E-state index < -0.39 is 12.0 Å². The van der Waals surface area contributed by atoms with Crippen molar-refractivity contribution < 1.29 is 13.9 Å². The van der Waals surface area contributed by atoms with Crippen molar-refractivity contribution in [1.82, 2.24) is 14.5 Å². The van der Waals surface area contributed by atoms with Crippen LogP contribution in [0.2, 0.25) is 5.02 Å². The lowest BCUT2D eigenvalue weighted by Gasteiger charge is -2.25. The fourth-order valence-electron chi connectivity index (χ4n) is 4.25. The normalized spacial score (nSPS) is 15.5. The number of rotatable bonds is 6. The Morgan fingerprint density at radius 2 is 1.82 bits per heavy atom. The molecule has 0 radical (unpaired) electrons. The van der Waals surface area contributed by atoms with Crippen molar-refractivity contribution in [2.24, 2.45) is 4.99 Å². The van der Waals surface area contributed by atoms with Crippen molar-refractivity contribution in [2.75, 3.05) is 0 Å². The van der Waals surface area contributed by atoms with E-state index >= 15 is 0 Å². The Balaban J connectivity index is 1.56. The molecule has 8 nitrogen and oxygen atoms in total. The first-order chi connectivity index (χ1) is 18.6. The van der Waals surface area contributed by atoms with E-state index in [-0.39, 0.29) is 11.7 Å². The number of benzene rings is 1. The van der Waals surface area contributed by atoms with Gasteiger partial charge in [0.25, 0.3) is 5.56 Å². The molecule has 0 saturated heterocycles. The molecule has 1 aliphatic heterocycles. The predicted octanol–water partition coefficient (Wildman–Crippen LogP) is 4.99. The SMILES string of the molecule is CC1=C(C(=O)OC(C)C)C(c2ccc(Cl)cc2)n2c(s/c(=C/c3ccc(Sc4nc(C)cc(C)n4)o3)c2=O)=N1. The quantitative estimate of drug-likeness (QED) is 0.234. The summed E-state index contributed by atoms with van der Waals surface area (Å²) in [7, 11) is 0. The molecule has 1 aliphatic rings. The molecule has 39 heavy (non-hydrogen) atoms. The second kappa shape index (κ2) is 11.0. The van der Waals surface area contributed by atoms with Gasteiger partial charge < -0.3 is 9.15 Å². The molecule has 0 amide bonds. The molecule has 1 atom stereocenters. The Morgan fingerprint density at radius 3 is 2.49 bits per heavy atom. The highest BCUT2D eigenvalue weighted by atomic mass is 35.5. The summed E-state index contributed by atoms with van der Waals surface area (Å²) in [5.74, 6) is -0.00729. The van der Waals surface area contributed by atoms with Crippen molar-refractivity contribution >= 4 is 46.7 Å². The monoisotopic (exact) mass is 580 g/mol. The minimum absolute atomic E-state index is 0.288. The number of ether oxygens (including phenoxy) is 1. The third kappa shape index (κ3) is 5.78. The summed E-state index contributed by atoms with van der Waals surface area (Å²) in [6, 6.07) is 11.9. The smallest absolute Gasteiger partial charge is 0.338 e. The minimum atomic E-state index is -0.712. The van der Waals surface area contributed by atoms with Crippen LogP contribution in [0.5, 0.6) is 0 Å². The number of thiazole rings is 1. The number of aryl methyl sites for hydroxylation is 2. The maximum absolute atomic E-state index is 13.8. The average molecular weight is 581 g/mol. The van der Waals surface area contributed by atoms with Crippen molar-refractivity contribution in [3.63, 3.8) is 0 Å². The van der Waals surface area contributed by atoms with E-state index in [9.17, 15) is 9.59 Å². The molecule has 200 valence electrons. The Hall–Kier alpha value is -3.47. The number of carbonyl (C=O) groups is 1. The zero-order valence-corrected chi connectivity index (χ0v) is 24.3. The molecule has 3 aromatic heterocycles. The number of carbonyl (C=O) groups excluding carboxylic acids is 1. The molecule has 4 aromatic rings. The first kappa shape index (κ1) is 27.1. The van der Waals surface area contributed by atoms with Gasteiger partial charge in [-0.2, -0.15) is 0 Å². The summed E-state index contributed by atoms with van der Waals surface area (Å²) in [5, 5.41) is 1.75. The zero-order valence-electron chi connectivity index (χ0n) is 21.9. The molecular formula is C28H25ClN4O4S2. The first-order valence-corrected chi connectivity index (χ1v) is 14.2. The summed E-state index contributed by atoms with van der Waals surface area (Å²) in [6.45, 7) is 9.14. The van der Waals surface area contributed by atoms with Gasteiger partial charge in [0.15, 0.2) is 15.1 Å². The highest BCUT2D eigenvalue weighted by Crippen LogP contribution is 2.32. The molecule has 1 aromatic carbocycles. The molecule has 1 unspecified atom stereocenters. The van der Waals surface area contributed by atoms with Crippen molar-refractivity contribution in [3.8, 4) is 0 Å². The molecule has 0 bridgehead atoms. The number of hydrogen-bond donors (Lipinski definition) is 0. The number of allylic oxidation sites excluding steroid dienone is 1. The fourth-order valence-corrected chi connectivity index (χ4v) is 6.23. The van der Waals surface area contributed by atoms with Crippen molar-refractivity contribution in [2.45, 2.75) is 57.0 Å². The molecule has 0 saturated carbocycles. The molecule has 0 aliphatic carbocycles. The van der Waals surface area contributed by atoms with E-state index in [1.54, 1.807) is 57.2 Å². The number of halogens is 1. The summed E-state index contributed by atoms with van der Waals surface area (Å²) < 4.78 is 13.4. The number of hydrogen-bond acceptors (Lipinski definition) is 9. The second-order valence-electron chi connectivity index (χ2n) is 9.28. The average Bonchev–Trinajstić information content (AvgIpc) is 3.41. The van der Waals surface area contributed by atoms with Gasteiger partial charge in [0, 0.05) is 22.5 Å². The second-order valence-corrected chi connectivity index (χ2v) is 11.7. The van der Waals surface area contributed by atoms with Gasteiger partial charge in [0.05, 0.1) is 27.9 Å². The minimum Gasteiger partial charge on any atom is -0.459 e. The van der Waals surface area contributed by atoms with Gasteiger partial charge in [-0.3, -0.25) is 9.36 Å². The van der Waals surface area contributed by atoms with Gasteiger partial charge >= 0.3 is 5.97 Å². The molecule has 11 heteroatoms. The lowest BCUT2D eigenvalue weighted by Crippen LogP contribution is -2.40.